The van der Waals surface area contributed by atoms with Crippen LogP contribution in [0.1, 0.15) is 5.69 Å². The summed E-state index contributed by atoms with van der Waals surface area (Å²) in [6, 6.07) is 14.3. The van der Waals surface area contributed by atoms with Crippen LogP contribution in [0.3, 0.4) is 0 Å². The highest BCUT2D eigenvalue weighted by molar-refractivity contribution is 6.17. The van der Waals surface area contributed by atoms with Gasteiger partial charge >= 0.3 is 0 Å². The van der Waals surface area contributed by atoms with Crippen molar-refractivity contribution in [2.45, 2.75) is 5.88 Å². The fourth-order valence-corrected chi connectivity index (χ4v) is 2.49. The second-order valence-corrected chi connectivity index (χ2v) is 5.13. The van der Waals surface area contributed by atoms with Crippen LogP contribution in [0.25, 0.3) is 22.3 Å². The molecule has 0 atom stereocenters. The highest BCUT2D eigenvalue weighted by Gasteiger charge is 2.09. The van der Waals surface area contributed by atoms with E-state index >= 15 is 0 Å². The van der Waals surface area contributed by atoms with Crippen LogP contribution in [0.15, 0.2) is 60.8 Å². The van der Waals surface area contributed by atoms with Gasteiger partial charge in [0.2, 0.25) is 0 Å². The molecule has 0 spiro atoms. The van der Waals surface area contributed by atoms with Gasteiger partial charge in [-0.3, -0.25) is 4.98 Å². The highest BCUT2D eigenvalue weighted by Crippen LogP contribution is 2.29. The summed E-state index contributed by atoms with van der Waals surface area (Å²) in [6.45, 7) is 0. The molecular formula is C18H12ClF2N. The first kappa shape index (κ1) is 14.7. The Balaban J connectivity index is 2.10. The summed E-state index contributed by atoms with van der Waals surface area (Å²) in [6.07, 6.45) is 1.71. The van der Waals surface area contributed by atoms with E-state index in [1.165, 1.54) is 24.3 Å². The Morgan fingerprint density at radius 1 is 0.773 bits per heavy atom. The predicted octanol–water partition coefficient (Wildman–Crippen LogP) is 5.43. The number of alkyl halides is 1. The first-order valence-electron chi connectivity index (χ1n) is 6.74. The van der Waals surface area contributed by atoms with Gasteiger partial charge < -0.3 is 0 Å². The lowest BCUT2D eigenvalue weighted by atomic mass is 9.99. The Hall–Kier alpha value is -2.26. The number of hydrogen-bond donors (Lipinski definition) is 0. The van der Waals surface area contributed by atoms with Crippen molar-refractivity contribution in [1.29, 1.82) is 0 Å². The van der Waals surface area contributed by atoms with Gasteiger partial charge in [-0.05, 0) is 41.5 Å². The summed E-state index contributed by atoms with van der Waals surface area (Å²) in [5.41, 5.74) is 4.12. The summed E-state index contributed by atoms with van der Waals surface area (Å²) in [7, 11) is 0. The molecule has 0 saturated carbocycles. The van der Waals surface area contributed by atoms with E-state index in [0.717, 1.165) is 27.9 Å². The van der Waals surface area contributed by atoms with E-state index in [-0.39, 0.29) is 17.5 Å². The van der Waals surface area contributed by atoms with Crippen molar-refractivity contribution in [2.75, 3.05) is 0 Å². The molecule has 4 heteroatoms. The van der Waals surface area contributed by atoms with Crippen molar-refractivity contribution in [3.8, 4) is 22.3 Å². The third kappa shape index (κ3) is 3.00. The van der Waals surface area contributed by atoms with Gasteiger partial charge in [-0.15, -0.1) is 11.6 Å². The first-order valence-corrected chi connectivity index (χ1v) is 7.27. The van der Waals surface area contributed by atoms with Crippen LogP contribution in [0.5, 0.6) is 0 Å². The largest absolute Gasteiger partial charge is 0.259 e. The molecule has 0 unspecified atom stereocenters. The maximum Gasteiger partial charge on any atom is 0.123 e. The third-order valence-electron chi connectivity index (χ3n) is 3.43. The minimum absolute atomic E-state index is 0.260. The molecule has 22 heavy (non-hydrogen) atoms. The van der Waals surface area contributed by atoms with Gasteiger partial charge in [0, 0.05) is 17.3 Å². The molecule has 0 fully saturated rings. The second-order valence-electron chi connectivity index (χ2n) is 4.87. The van der Waals surface area contributed by atoms with Gasteiger partial charge in [0.25, 0.3) is 0 Å². The Morgan fingerprint density at radius 2 is 1.32 bits per heavy atom. The van der Waals surface area contributed by atoms with Crippen molar-refractivity contribution < 1.29 is 8.78 Å². The fraction of sp³-hybridized carbons (Fsp3) is 0.0556. The maximum atomic E-state index is 13.1. The van der Waals surface area contributed by atoms with E-state index in [2.05, 4.69) is 4.98 Å². The molecule has 0 radical (unpaired) electrons. The van der Waals surface area contributed by atoms with Crippen LogP contribution < -0.4 is 0 Å². The molecule has 1 heterocycles. The zero-order chi connectivity index (χ0) is 15.5. The molecule has 0 N–H and O–H groups in total. The Labute approximate surface area is 132 Å². The fourth-order valence-electron chi connectivity index (χ4n) is 2.28. The maximum absolute atomic E-state index is 13.1. The summed E-state index contributed by atoms with van der Waals surface area (Å²) in [4.78, 5) is 4.38. The highest BCUT2D eigenvalue weighted by atomic mass is 35.5. The number of halogens is 3. The minimum Gasteiger partial charge on any atom is -0.259 e. The molecular weight excluding hydrogens is 304 g/mol. The van der Waals surface area contributed by atoms with Crippen LogP contribution in [-0.2, 0) is 5.88 Å². The smallest absolute Gasteiger partial charge is 0.123 e. The molecule has 3 rings (SSSR count). The average molecular weight is 316 g/mol. The van der Waals surface area contributed by atoms with Crippen molar-refractivity contribution in [3.63, 3.8) is 0 Å². The average Bonchev–Trinajstić information content (AvgIpc) is 2.56. The number of benzene rings is 2. The van der Waals surface area contributed by atoms with Crippen LogP contribution >= 0.6 is 11.6 Å². The number of hydrogen-bond acceptors (Lipinski definition) is 1. The molecule has 110 valence electrons. The van der Waals surface area contributed by atoms with E-state index in [9.17, 15) is 8.78 Å². The molecule has 0 aliphatic carbocycles. The number of nitrogens with zero attached hydrogens (tertiary/aromatic N) is 1. The van der Waals surface area contributed by atoms with Crippen LogP contribution in [0.2, 0.25) is 0 Å². The van der Waals surface area contributed by atoms with Crippen molar-refractivity contribution in [1.82, 2.24) is 4.98 Å². The third-order valence-corrected chi connectivity index (χ3v) is 3.68. The van der Waals surface area contributed by atoms with E-state index in [0.29, 0.717) is 0 Å². The number of rotatable bonds is 3. The van der Waals surface area contributed by atoms with E-state index < -0.39 is 0 Å². The molecule has 1 nitrogen and oxygen atoms in total. The van der Waals surface area contributed by atoms with Crippen molar-refractivity contribution in [2.24, 2.45) is 0 Å². The zero-order valence-electron chi connectivity index (χ0n) is 11.6. The van der Waals surface area contributed by atoms with Gasteiger partial charge in [0.1, 0.15) is 11.6 Å². The molecule has 3 aromatic rings. The lowest BCUT2D eigenvalue weighted by Crippen LogP contribution is -1.93. The standard InChI is InChI=1S/C18H12ClF2N/c19-10-18-17(13-3-7-16(21)8-4-13)9-14(11-22-18)12-1-5-15(20)6-2-12/h1-9,11H,10H2. The van der Waals surface area contributed by atoms with Gasteiger partial charge in [0.05, 0.1) is 11.6 Å². The molecule has 0 saturated heterocycles. The first-order chi connectivity index (χ1) is 10.7. The zero-order valence-corrected chi connectivity index (χ0v) is 12.3. The Bertz CT molecular complexity index is 783. The Kier molecular flexibility index (Phi) is 4.16. The summed E-state index contributed by atoms with van der Waals surface area (Å²) in [5.74, 6) is -0.317. The molecule has 1 aromatic heterocycles. The number of aromatic nitrogens is 1. The summed E-state index contributed by atoms with van der Waals surface area (Å²) < 4.78 is 26.1. The monoisotopic (exact) mass is 315 g/mol. The normalized spacial score (nSPS) is 10.7. The lowest BCUT2D eigenvalue weighted by molar-refractivity contribution is 0.627. The quantitative estimate of drug-likeness (QED) is 0.587. The summed E-state index contributed by atoms with van der Waals surface area (Å²) in [5, 5.41) is 0. The van der Waals surface area contributed by atoms with E-state index in [4.69, 9.17) is 11.6 Å². The molecule has 0 aliphatic heterocycles. The minimum atomic E-state index is -0.293. The topological polar surface area (TPSA) is 12.9 Å². The van der Waals surface area contributed by atoms with Gasteiger partial charge in [-0.1, -0.05) is 24.3 Å². The molecule has 0 bridgehead atoms. The van der Waals surface area contributed by atoms with Gasteiger partial charge in [0.15, 0.2) is 0 Å². The van der Waals surface area contributed by atoms with Gasteiger partial charge in [-0.25, -0.2) is 8.78 Å². The van der Waals surface area contributed by atoms with Crippen molar-refractivity contribution >= 4 is 11.6 Å². The molecule has 0 amide bonds. The van der Waals surface area contributed by atoms with E-state index in [1.807, 2.05) is 6.07 Å². The van der Waals surface area contributed by atoms with Crippen molar-refractivity contribution in [3.05, 3.63) is 78.1 Å². The molecule has 0 aliphatic rings. The molecule has 2 aromatic carbocycles. The van der Waals surface area contributed by atoms with Crippen LogP contribution in [-0.4, -0.2) is 4.98 Å². The Morgan fingerprint density at radius 3 is 1.86 bits per heavy atom. The SMILES string of the molecule is Fc1ccc(-c2cnc(CCl)c(-c3ccc(F)cc3)c2)cc1. The summed E-state index contributed by atoms with van der Waals surface area (Å²) >= 11 is 5.95. The van der Waals surface area contributed by atoms with Crippen LogP contribution in [0, 0.1) is 11.6 Å². The predicted molar refractivity (Wildman–Crippen MR) is 84.6 cm³/mol. The van der Waals surface area contributed by atoms with Gasteiger partial charge in [-0.2, -0.15) is 0 Å². The van der Waals surface area contributed by atoms with E-state index in [1.54, 1.807) is 30.5 Å². The lowest BCUT2D eigenvalue weighted by Gasteiger charge is -2.10. The second kappa shape index (κ2) is 6.24. The number of pyridine rings is 1. The van der Waals surface area contributed by atoms with Crippen LogP contribution in [0.4, 0.5) is 8.78 Å².